The molecule has 0 spiro atoms. The van der Waals surface area contributed by atoms with Crippen LogP contribution < -0.4 is 10.6 Å². The number of aromatic hydroxyl groups is 2. The monoisotopic (exact) mass is 397 g/mol. The number of rotatable bonds is 8. The molecule has 0 amide bonds. The number of phenols is 2. The number of likely N-dealkylation sites (N-methyl/N-ethyl adjacent to an activating group) is 1. The first-order valence-electron chi connectivity index (χ1n) is 9.80. The summed E-state index contributed by atoms with van der Waals surface area (Å²) in [4.78, 5) is 28.6. The van der Waals surface area contributed by atoms with Crippen LogP contribution in [0.2, 0.25) is 0 Å². The zero-order valence-electron chi connectivity index (χ0n) is 17.0. The maximum Gasteiger partial charge on any atom is 0.200 e. The Morgan fingerprint density at radius 3 is 1.72 bits per heavy atom. The number of nitrogens with zero attached hydrogens (tertiary/aromatic N) is 1. The fraction of sp³-hybridized carbons (Fsp3) is 0.364. The predicted octanol–water partition coefficient (Wildman–Crippen LogP) is 3.06. The van der Waals surface area contributed by atoms with Crippen molar-refractivity contribution >= 4 is 22.9 Å². The lowest BCUT2D eigenvalue weighted by Gasteiger charge is -2.24. The standard InChI is InChI=1S/C22H27N3O4/c1-4-5-10-23-13-6-8-15(26)19-17(13)21(28)20-16(27)9-7-14(18(20)22(19)29)24-11-12-25(2)3/h6-9,23-24,26-27H,4-5,10-12H2,1-3H3. The van der Waals surface area contributed by atoms with E-state index < -0.39 is 11.6 Å². The maximum absolute atomic E-state index is 13.3. The van der Waals surface area contributed by atoms with Gasteiger partial charge in [-0.3, -0.25) is 9.59 Å². The second kappa shape index (κ2) is 8.53. The van der Waals surface area contributed by atoms with Crippen LogP contribution in [-0.4, -0.2) is 60.4 Å². The van der Waals surface area contributed by atoms with Gasteiger partial charge in [0.25, 0.3) is 0 Å². The zero-order valence-corrected chi connectivity index (χ0v) is 17.0. The van der Waals surface area contributed by atoms with Crippen LogP contribution in [0, 0.1) is 0 Å². The molecule has 0 saturated heterocycles. The van der Waals surface area contributed by atoms with Gasteiger partial charge in [-0.1, -0.05) is 13.3 Å². The molecule has 0 aliphatic heterocycles. The van der Waals surface area contributed by atoms with Gasteiger partial charge in [0, 0.05) is 31.0 Å². The van der Waals surface area contributed by atoms with Crippen LogP contribution in [0.25, 0.3) is 0 Å². The average Bonchev–Trinajstić information content (AvgIpc) is 2.68. The van der Waals surface area contributed by atoms with E-state index in [9.17, 15) is 19.8 Å². The summed E-state index contributed by atoms with van der Waals surface area (Å²) in [5.41, 5.74) is 1.11. The second-order valence-electron chi connectivity index (χ2n) is 7.43. The van der Waals surface area contributed by atoms with E-state index in [0.717, 1.165) is 19.4 Å². The van der Waals surface area contributed by atoms with E-state index in [1.807, 2.05) is 19.0 Å². The number of carbonyl (C=O) groups is 2. The van der Waals surface area contributed by atoms with Crippen LogP contribution in [0.15, 0.2) is 24.3 Å². The van der Waals surface area contributed by atoms with Crippen molar-refractivity contribution in [3.05, 3.63) is 46.5 Å². The number of anilines is 2. The molecule has 7 heteroatoms. The third-order valence-electron chi connectivity index (χ3n) is 5.00. The largest absolute Gasteiger partial charge is 0.507 e. The van der Waals surface area contributed by atoms with E-state index in [0.29, 0.717) is 24.5 Å². The van der Waals surface area contributed by atoms with Crippen molar-refractivity contribution < 1.29 is 19.8 Å². The van der Waals surface area contributed by atoms with Crippen LogP contribution in [0.3, 0.4) is 0 Å². The van der Waals surface area contributed by atoms with Gasteiger partial charge in [-0.25, -0.2) is 0 Å². The Bertz CT molecular complexity index is 954. The maximum atomic E-state index is 13.3. The lowest BCUT2D eigenvalue weighted by molar-refractivity contribution is 0.0975. The molecule has 7 nitrogen and oxygen atoms in total. The van der Waals surface area contributed by atoms with Crippen molar-refractivity contribution in [2.45, 2.75) is 19.8 Å². The quantitative estimate of drug-likeness (QED) is 0.342. The van der Waals surface area contributed by atoms with Crippen LogP contribution in [-0.2, 0) is 0 Å². The van der Waals surface area contributed by atoms with Crippen LogP contribution >= 0.6 is 0 Å². The normalized spacial score (nSPS) is 12.7. The van der Waals surface area contributed by atoms with Crippen molar-refractivity contribution in [3.63, 3.8) is 0 Å². The highest BCUT2D eigenvalue weighted by Gasteiger charge is 2.37. The zero-order chi connectivity index (χ0) is 21.1. The molecule has 0 heterocycles. The number of nitrogens with one attached hydrogen (secondary N) is 2. The average molecular weight is 397 g/mol. The minimum absolute atomic E-state index is 0.0229. The fourth-order valence-electron chi connectivity index (χ4n) is 3.47. The predicted molar refractivity (Wildman–Crippen MR) is 114 cm³/mol. The number of unbranched alkanes of at least 4 members (excludes halogenated alkanes) is 1. The van der Waals surface area contributed by atoms with Gasteiger partial charge in [0.2, 0.25) is 11.6 Å². The van der Waals surface area contributed by atoms with E-state index in [1.165, 1.54) is 12.1 Å². The topological polar surface area (TPSA) is 102 Å². The van der Waals surface area contributed by atoms with Gasteiger partial charge in [0.15, 0.2) is 0 Å². The molecule has 29 heavy (non-hydrogen) atoms. The van der Waals surface area contributed by atoms with Gasteiger partial charge < -0.3 is 25.7 Å². The molecule has 0 atom stereocenters. The Morgan fingerprint density at radius 1 is 0.793 bits per heavy atom. The van der Waals surface area contributed by atoms with Crippen molar-refractivity contribution in [1.29, 1.82) is 0 Å². The van der Waals surface area contributed by atoms with Crippen molar-refractivity contribution in [3.8, 4) is 11.5 Å². The van der Waals surface area contributed by atoms with Crippen molar-refractivity contribution in [2.24, 2.45) is 0 Å². The number of ketones is 2. The fourth-order valence-corrected chi connectivity index (χ4v) is 3.47. The summed E-state index contributed by atoms with van der Waals surface area (Å²) in [7, 11) is 3.87. The summed E-state index contributed by atoms with van der Waals surface area (Å²) < 4.78 is 0. The molecule has 2 aromatic rings. The minimum atomic E-state index is -0.477. The molecule has 3 rings (SSSR count). The molecule has 0 aromatic heterocycles. The molecule has 0 radical (unpaired) electrons. The SMILES string of the molecule is CCCCNc1ccc(O)c2c1C(=O)c1c(O)ccc(NCCN(C)C)c1C2=O. The molecule has 154 valence electrons. The highest BCUT2D eigenvalue weighted by molar-refractivity contribution is 6.33. The first kappa shape index (κ1) is 20.7. The molecule has 0 bridgehead atoms. The highest BCUT2D eigenvalue weighted by atomic mass is 16.3. The van der Waals surface area contributed by atoms with E-state index >= 15 is 0 Å². The summed E-state index contributed by atoms with van der Waals surface area (Å²) in [6.07, 6.45) is 1.88. The van der Waals surface area contributed by atoms with Crippen molar-refractivity contribution in [1.82, 2.24) is 4.90 Å². The Balaban J connectivity index is 2.09. The summed E-state index contributed by atoms with van der Waals surface area (Å²) in [6.45, 7) is 3.98. The van der Waals surface area contributed by atoms with Gasteiger partial charge >= 0.3 is 0 Å². The van der Waals surface area contributed by atoms with Gasteiger partial charge in [-0.15, -0.1) is 0 Å². The Morgan fingerprint density at radius 2 is 1.28 bits per heavy atom. The van der Waals surface area contributed by atoms with E-state index in [2.05, 4.69) is 17.6 Å². The summed E-state index contributed by atoms with van der Waals surface area (Å²) in [6, 6.07) is 6.02. The number of phenolic OH excluding ortho intramolecular Hbond substituents is 2. The highest BCUT2D eigenvalue weighted by Crippen LogP contribution is 2.42. The molecule has 1 aliphatic rings. The Labute approximate surface area is 170 Å². The molecule has 0 unspecified atom stereocenters. The van der Waals surface area contributed by atoms with Gasteiger partial charge in [0.1, 0.15) is 11.5 Å². The summed E-state index contributed by atoms with van der Waals surface area (Å²) in [5, 5.41) is 27.1. The van der Waals surface area contributed by atoms with E-state index in [4.69, 9.17) is 0 Å². The lowest BCUT2D eigenvalue weighted by atomic mass is 9.81. The van der Waals surface area contributed by atoms with Gasteiger partial charge in [-0.05, 0) is 44.8 Å². The molecule has 2 aromatic carbocycles. The van der Waals surface area contributed by atoms with Crippen LogP contribution in [0.5, 0.6) is 11.5 Å². The second-order valence-corrected chi connectivity index (χ2v) is 7.43. The van der Waals surface area contributed by atoms with Crippen LogP contribution in [0.4, 0.5) is 11.4 Å². The molecule has 4 N–H and O–H groups in total. The molecule has 0 fully saturated rings. The van der Waals surface area contributed by atoms with Gasteiger partial charge in [0.05, 0.1) is 22.3 Å². The number of benzene rings is 2. The number of carbonyl (C=O) groups excluding carboxylic acids is 2. The Kier molecular flexibility index (Phi) is 6.08. The smallest absolute Gasteiger partial charge is 0.200 e. The van der Waals surface area contributed by atoms with Gasteiger partial charge in [-0.2, -0.15) is 0 Å². The lowest BCUT2D eigenvalue weighted by Crippen LogP contribution is -2.26. The minimum Gasteiger partial charge on any atom is -0.507 e. The molecule has 0 saturated carbocycles. The first-order valence-corrected chi connectivity index (χ1v) is 9.80. The molecular formula is C22H27N3O4. The number of fused-ring (bicyclic) bond motifs is 2. The molecule has 1 aliphatic carbocycles. The number of hydrogen-bond acceptors (Lipinski definition) is 7. The Hall–Kier alpha value is -3.06. The third-order valence-corrected chi connectivity index (χ3v) is 5.00. The van der Waals surface area contributed by atoms with E-state index in [1.54, 1.807) is 12.1 Å². The van der Waals surface area contributed by atoms with Crippen LogP contribution in [0.1, 0.15) is 51.6 Å². The molecular weight excluding hydrogens is 370 g/mol. The number of hydrogen-bond donors (Lipinski definition) is 4. The summed E-state index contributed by atoms with van der Waals surface area (Å²) in [5.74, 6) is -1.44. The van der Waals surface area contributed by atoms with E-state index in [-0.39, 0.29) is 33.8 Å². The van der Waals surface area contributed by atoms with Crippen molar-refractivity contribution in [2.75, 3.05) is 44.4 Å². The first-order chi connectivity index (χ1) is 13.9. The third kappa shape index (κ3) is 3.91. The summed E-state index contributed by atoms with van der Waals surface area (Å²) >= 11 is 0.